The monoisotopic (exact) mass is 332 g/mol. The van der Waals surface area contributed by atoms with Crippen molar-refractivity contribution in [2.75, 3.05) is 7.11 Å². The molecule has 0 aliphatic rings. The molecular weight excluding hydrogens is 308 g/mol. The zero-order valence-electron chi connectivity index (χ0n) is 13.9. The van der Waals surface area contributed by atoms with Crippen LogP contribution in [0.1, 0.15) is 49.7 Å². The van der Waals surface area contributed by atoms with Gasteiger partial charge in [0.2, 0.25) is 0 Å². The van der Waals surface area contributed by atoms with E-state index < -0.39 is 11.9 Å². The third-order valence-corrected chi connectivity index (χ3v) is 3.33. The van der Waals surface area contributed by atoms with Crippen molar-refractivity contribution in [1.82, 2.24) is 0 Å². The standard InChI is InChI=1S/C19H24O5/c1-24-17-13-15(8-4-2-6-10-18(20)21)12-16(14-17)9-5-3-7-11-19(22)23/h4-5,8-9,12-14H,2-3,6-7,10-11H2,1H3,(H,20,21)(H,22,23)/b8-4+,9-5+. The predicted octanol–water partition coefficient (Wildman–Crippen LogP) is 4.23. The summed E-state index contributed by atoms with van der Waals surface area (Å²) in [6.07, 6.45) is 10.8. The predicted molar refractivity (Wildman–Crippen MR) is 94.0 cm³/mol. The second-order valence-electron chi connectivity index (χ2n) is 5.42. The third kappa shape index (κ3) is 8.78. The number of ether oxygens (including phenoxy) is 1. The molecule has 0 radical (unpaired) electrons. The smallest absolute Gasteiger partial charge is 0.303 e. The molecule has 1 aromatic carbocycles. The summed E-state index contributed by atoms with van der Waals surface area (Å²) in [5.74, 6) is -0.812. The van der Waals surface area contributed by atoms with Crippen molar-refractivity contribution in [3.05, 3.63) is 41.5 Å². The highest BCUT2D eigenvalue weighted by atomic mass is 16.5. The Morgan fingerprint density at radius 1 is 0.917 bits per heavy atom. The fourth-order valence-corrected chi connectivity index (χ4v) is 2.14. The molecule has 0 spiro atoms. The van der Waals surface area contributed by atoms with Gasteiger partial charge in [-0.15, -0.1) is 0 Å². The lowest BCUT2D eigenvalue weighted by molar-refractivity contribution is -0.138. The van der Waals surface area contributed by atoms with Crippen molar-refractivity contribution in [3.8, 4) is 5.75 Å². The molecule has 5 nitrogen and oxygen atoms in total. The van der Waals surface area contributed by atoms with E-state index >= 15 is 0 Å². The maximum Gasteiger partial charge on any atom is 0.303 e. The van der Waals surface area contributed by atoms with Gasteiger partial charge in [-0.2, -0.15) is 0 Å². The van der Waals surface area contributed by atoms with E-state index in [0.717, 1.165) is 16.9 Å². The Morgan fingerprint density at radius 3 is 1.75 bits per heavy atom. The molecule has 24 heavy (non-hydrogen) atoms. The number of methoxy groups -OCH3 is 1. The fourth-order valence-electron chi connectivity index (χ4n) is 2.14. The summed E-state index contributed by atoms with van der Waals surface area (Å²) >= 11 is 0. The number of carboxylic acid groups (broad SMARTS) is 2. The lowest BCUT2D eigenvalue weighted by atomic mass is 10.1. The van der Waals surface area contributed by atoms with Crippen LogP contribution in [0.4, 0.5) is 0 Å². The first kappa shape index (κ1) is 19.5. The third-order valence-electron chi connectivity index (χ3n) is 3.33. The van der Waals surface area contributed by atoms with Crippen LogP contribution in [-0.2, 0) is 9.59 Å². The van der Waals surface area contributed by atoms with Crippen LogP contribution < -0.4 is 4.74 Å². The summed E-state index contributed by atoms with van der Waals surface area (Å²) in [7, 11) is 1.61. The highest BCUT2D eigenvalue weighted by molar-refractivity contribution is 5.67. The summed E-state index contributed by atoms with van der Waals surface area (Å²) in [6, 6.07) is 5.83. The van der Waals surface area contributed by atoms with Crippen molar-refractivity contribution in [1.29, 1.82) is 0 Å². The molecule has 1 rings (SSSR count). The van der Waals surface area contributed by atoms with Gasteiger partial charge < -0.3 is 14.9 Å². The molecule has 0 saturated heterocycles. The van der Waals surface area contributed by atoms with Gasteiger partial charge >= 0.3 is 11.9 Å². The van der Waals surface area contributed by atoms with E-state index in [-0.39, 0.29) is 12.8 Å². The highest BCUT2D eigenvalue weighted by Crippen LogP contribution is 2.20. The summed E-state index contributed by atoms with van der Waals surface area (Å²) < 4.78 is 5.29. The number of carboxylic acids is 2. The van der Waals surface area contributed by atoms with Crippen molar-refractivity contribution < 1.29 is 24.5 Å². The van der Waals surface area contributed by atoms with Crippen molar-refractivity contribution in [2.24, 2.45) is 0 Å². The maximum atomic E-state index is 10.5. The zero-order chi connectivity index (χ0) is 17.8. The molecule has 0 aromatic heterocycles. The lowest BCUT2D eigenvalue weighted by Gasteiger charge is -2.04. The number of hydrogen-bond donors (Lipinski definition) is 2. The summed E-state index contributed by atoms with van der Waals surface area (Å²) in [5.41, 5.74) is 1.96. The normalized spacial score (nSPS) is 11.2. The molecule has 0 aliphatic heterocycles. The number of carbonyl (C=O) groups is 2. The molecule has 0 heterocycles. The zero-order valence-corrected chi connectivity index (χ0v) is 13.9. The second kappa shape index (κ2) is 11.0. The molecule has 0 amide bonds. The fraction of sp³-hybridized carbons (Fsp3) is 0.368. The second-order valence-corrected chi connectivity index (χ2v) is 5.42. The summed E-state index contributed by atoms with van der Waals surface area (Å²) in [4.78, 5) is 20.9. The topological polar surface area (TPSA) is 83.8 Å². The first-order valence-corrected chi connectivity index (χ1v) is 7.97. The quantitative estimate of drug-likeness (QED) is 0.592. The largest absolute Gasteiger partial charge is 0.497 e. The number of aliphatic carboxylic acids is 2. The van der Waals surface area contributed by atoms with Crippen LogP contribution in [0, 0.1) is 0 Å². The Balaban J connectivity index is 2.63. The lowest BCUT2D eigenvalue weighted by Crippen LogP contribution is -1.92. The molecule has 0 bridgehead atoms. The number of allylic oxidation sites excluding steroid dienone is 2. The van der Waals surface area contributed by atoms with Crippen molar-refractivity contribution >= 4 is 24.1 Å². The van der Waals surface area contributed by atoms with Crippen molar-refractivity contribution in [2.45, 2.75) is 38.5 Å². The Bertz CT molecular complexity index is 554. The first-order chi connectivity index (χ1) is 11.5. The van der Waals surface area contributed by atoms with E-state index in [2.05, 4.69) is 0 Å². The van der Waals surface area contributed by atoms with Crippen LogP contribution in [0.3, 0.4) is 0 Å². The molecule has 1 aromatic rings. The van der Waals surface area contributed by atoms with E-state index in [1.807, 2.05) is 42.5 Å². The number of hydrogen-bond acceptors (Lipinski definition) is 3. The molecule has 0 atom stereocenters. The Hall–Kier alpha value is -2.56. The van der Waals surface area contributed by atoms with Gasteiger partial charge in [-0.1, -0.05) is 24.3 Å². The minimum atomic E-state index is -0.778. The minimum Gasteiger partial charge on any atom is -0.497 e. The van der Waals surface area contributed by atoms with Crippen LogP contribution in [0.5, 0.6) is 5.75 Å². The number of rotatable bonds is 11. The Labute approximate surface area is 142 Å². The van der Waals surface area contributed by atoms with Crippen LogP contribution in [0.2, 0.25) is 0 Å². The molecular formula is C19H24O5. The van der Waals surface area contributed by atoms with E-state index in [4.69, 9.17) is 14.9 Å². The molecule has 0 fully saturated rings. The molecule has 5 heteroatoms. The van der Waals surface area contributed by atoms with Gasteiger partial charge in [0.1, 0.15) is 5.75 Å². The average Bonchev–Trinajstić information content (AvgIpc) is 2.53. The Kier molecular flexibility index (Phi) is 8.97. The van der Waals surface area contributed by atoms with Crippen LogP contribution in [0.15, 0.2) is 30.4 Å². The van der Waals surface area contributed by atoms with Gasteiger partial charge in [0.05, 0.1) is 7.11 Å². The molecule has 130 valence electrons. The van der Waals surface area contributed by atoms with Gasteiger partial charge in [0, 0.05) is 12.8 Å². The van der Waals surface area contributed by atoms with E-state index in [9.17, 15) is 9.59 Å². The van der Waals surface area contributed by atoms with Gasteiger partial charge in [-0.25, -0.2) is 0 Å². The van der Waals surface area contributed by atoms with Gasteiger partial charge in [-0.05, 0) is 55.0 Å². The number of benzene rings is 1. The van der Waals surface area contributed by atoms with Gasteiger partial charge in [0.25, 0.3) is 0 Å². The number of unbranched alkanes of at least 4 members (excludes halogenated alkanes) is 2. The van der Waals surface area contributed by atoms with Crippen LogP contribution in [0.25, 0.3) is 12.2 Å². The van der Waals surface area contributed by atoms with E-state index in [1.54, 1.807) is 7.11 Å². The average molecular weight is 332 g/mol. The molecule has 2 N–H and O–H groups in total. The molecule has 0 saturated carbocycles. The summed E-state index contributed by atoms with van der Waals surface area (Å²) in [5, 5.41) is 17.2. The first-order valence-electron chi connectivity index (χ1n) is 7.97. The minimum absolute atomic E-state index is 0.173. The van der Waals surface area contributed by atoms with Gasteiger partial charge in [0.15, 0.2) is 0 Å². The Morgan fingerprint density at radius 2 is 1.38 bits per heavy atom. The SMILES string of the molecule is COc1cc(/C=C/CCCC(=O)O)cc(/C=C/CCCC(=O)O)c1. The van der Waals surface area contributed by atoms with Crippen molar-refractivity contribution in [3.63, 3.8) is 0 Å². The van der Waals surface area contributed by atoms with Gasteiger partial charge in [-0.3, -0.25) is 9.59 Å². The van der Waals surface area contributed by atoms with E-state index in [0.29, 0.717) is 25.7 Å². The molecule has 0 unspecified atom stereocenters. The summed E-state index contributed by atoms with van der Waals surface area (Å²) in [6.45, 7) is 0. The van der Waals surface area contributed by atoms with Crippen LogP contribution >= 0.6 is 0 Å². The highest BCUT2D eigenvalue weighted by Gasteiger charge is 1.99. The van der Waals surface area contributed by atoms with Crippen LogP contribution in [-0.4, -0.2) is 29.3 Å². The van der Waals surface area contributed by atoms with E-state index in [1.165, 1.54) is 0 Å². The maximum absolute atomic E-state index is 10.5. The molecule has 0 aliphatic carbocycles.